The average molecular weight is 355 g/mol. The van der Waals surface area contributed by atoms with Gasteiger partial charge in [0.15, 0.2) is 5.03 Å². The molecule has 1 aromatic rings. The molecule has 0 bridgehead atoms. The molecule has 9 heteroatoms. The fourth-order valence-corrected chi connectivity index (χ4v) is 3.81. The van der Waals surface area contributed by atoms with E-state index in [9.17, 15) is 13.2 Å². The van der Waals surface area contributed by atoms with E-state index in [-0.39, 0.29) is 17.5 Å². The van der Waals surface area contributed by atoms with E-state index in [2.05, 4.69) is 15.0 Å². The van der Waals surface area contributed by atoms with E-state index in [1.54, 1.807) is 16.5 Å². The summed E-state index contributed by atoms with van der Waals surface area (Å²) in [4.78, 5) is 17.8. The molecular formula is C15H25N5O3S. The Bertz CT molecular complexity index is 675. The molecule has 1 aliphatic heterocycles. The first-order chi connectivity index (χ1) is 11.4. The largest absolute Gasteiger partial charge is 0.341 e. The molecule has 8 nitrogen and oxygen atoms in total. The third kappa shape index (κ3) is 4.55. The minimum absolute atomic E-state index is 0.0687. The Balaban J connectivity index is 1.42. The van der Waals surface area contributed by atoms with Crippen molar-refractivity contribution < 1.29 is 13.2 Å². The fourth-order valence-electron chi connectivity index (χ4n) is 2.86. The quantitative estimate of drug-likeness (QED) is 0.699. The number of sulfonamides is 1. The Morgan fingerprint density at radius 2 is 2.00 bits per heavy atom. The van der Waals surface area contributed by atoms with E-state index < -0.39 is 10.0 Å². The van der Waals surface area contributed by atoms with Crippen LogP contribution in [0.25, 0.3) is 0 Å². The van der Waals surface area contributed by atoms with Gasteiger partial charge in [0.05, 0.1) is 12.9 Å². The molecular weight excluding hydrogens is 330 g/mol. The summed E-state index contributed by atoms with van der Waals surface area (Å²) in [5, 5.41) is 3.49. The lowest BCUT2D eigenvalue weighted by molar-refractivity contribution is -0.131. The molecule has 24 heavy (non-hydrogen) atoms. The number of imidazole rings is 1. The van der Waals surface area contributed by atoms with Crippen molar-refractivity contribution in [3.8, 4) is 0 Å². The van der Waals surface area contributed by atoms with Crippen LogP contribution < -0.4 is 10.0 Å². The van der Waals surface area contributed by atoms with Crippen molar-refractivity contribution in [3.63, 3.8) is 0 Å². The van der Waals surface area contributed by atoms with Crippen molar-refractivity contribution in [1.82, 2.24) is 24.5 Å². The number of hydrogen-bond acceptors (Lipinski definition) is 5. The molecule has 0 unspecified atom stereocenters. The molecule has 1 aromatic heterocycles. The molecule has 2 heterocycles. The zero-order chi connectivity index (χ0) is 17.2. The zero-order valence-electron chi connectivity index (χ0n) is 13.9. The van der Waals surface area contributed by atoms with Crippen LogP contribution in [-0.4, -0.2) is 61.0 Å². The Kier molecular flexibility index (Phi) is 5.21. The van der Waals surface area contributed by atoms with Gasteiger partial charge in [0.2, 0.25) is 5.91 Å². The van der Waals surface area contributed by atoms with Gasteiger partial charge in [0, 0.05) is 32.4 Å². The van der Waals surface area contributed by atoms with E-state index in [0.717, 1.165) is 25.3 Å². The summed E-state index contributed by atoms with van der Waals surface area (Å²) in [6.07, 6.45) is 7.33. The van der Waals surface area contributed by atoms with Gasteiger partial charge in [-0.15, -0.1) is 0 Å². The van der Waals surface area contributed by atoms with Gasteiger partial charge in [0.1, 0.15) is 0 Å². The van der Waals surface area contributed by atoms with Gasteiger partial charge < -0.3 is 14.8 Å². The third-order valence-corrected chi connectivity index (χ3v) is 5.90. The molecule has 2 aliphatic rings. The highest BCUT2D eigenvalue weighted by Gasteiger charge is 2.26. The number of piperidine rings is 1. The molecule has 1 aliphatic carbocycles. The van der Waals surface area contributed by atoms with E-state index in [1.165, 1.54) is 25.4 Å². The van der Waals surface area contributed by atoms with E-state index in [1.807, 2.05) is 0 Å². The number of carbonyl (C=O) groups excluding carboxylic acids is 1. The van der Waals surface area contributed by atoms with Crippen LogP contribution in [0.5, 0.6) is 0 Å². The van der Waals surface area contributed by atoms with Gasteiger partial charge in [0.25, 0.3) is 10.0 Å². The minimum Gasteiger partial charge on any atom is -0.341 e. The van der Waals surface area contributed by atoms with Crippen LogP contribution in [0.15, 0.2) is 17.6 Å². The van der Waals surface area contributed by atoms with Crippen molar-refractivity contribution in [2.45, 2.75) is 36.8 Å². The van der Waals surface area contributed by atoms with Crippen LogP contribution in [-0.2, 0) is 21.9 Å². The van der Waals surface area contributed by atoms with Gasteiger partial charge >= 0.3 is 0 Å². The Morgan fingerprint density at radius 3 is 2.58 bits per heavy atom. The second kappa shape index (κ2) is 7.20. The number of likely N-dealkylation sites (tertiary alicyclic amines) is 1. The smallest absolute Gasteiger partial charge is 0.260 e. The summed E-state index contributed by atoms with van der Waals surface area (Å²) in [6, 6.07) is 0.472. The molecule has 2 fully saturated rings. The van der Waals surface area contributed by atoms with E-state index in [4.69, 9.17) is 0 Å². The van der Waals surface area contributed by atoms with Gasteiger partial charge in [-0.25, -0.2) is 18.1 Å². The van der Waals surface area contributed by atoms with Gasteiger partial charge in [-0.2, -0.15) is 0 Å². The second-order valence-corrected chi connectivity index (χ2v) is 8.42. The number of nitrogens with one attached hydrogen (secondary N) is 2. The summed E-state index contributed by atoms with van der Waals surface area (Å²) in [5.41, 5.74) is 0. The monoisotopic (exact) mass is 355 g/mol. The Hall–Kier alpha value is -1.45. The maximum atomic E-state index is 12.2. The molecule has 2 N–H and O–H groups in total. The summed E-state index contributed by atoms with van der Waals surface area (Å²) in [5.74, 6) is 0.667. The van der Waals surface area contributed by atoms with Crippen molar-refractivity contribution >= 4 is 15.9 Å². The van der Waals surface area contributed by atoms with Crippen molar-refractivity contribution in [1.29, 1.82) is 0 Å². The number of nitrogens with zero attached hydrogens (tertiary/aromatic N) is 3. The molecule has 1 amide bonds. The predicted octanol–water partition coefficient (Wildman–Crippen LogP) is -0.311. The molecule has 0 radical (unpaired) electrons. The maximum absolute atomic E-state index is 12.2. The normalized spacial score (nSPS) is 19.6. The topological polar surface area (TPSA) is 96.3 Å². The molecule has 134 valence electrons. The Labute approximate surface area is 142 Å². The highest BCUT2D eigenvalue weighted by Crippen LogP contribution is 2.28. The van der Waals surface area contributed by atoms with E-state index in [0.29, 0.717) is 19.1 Å². The van der Waals surface area contributed by atoms with Gasteiger partial charge in [-0.1, -0.05) is 0 Å². The Morgan fingerprint density at radius 1 is 1.29 bits per heavy atom. The average Bonchev–Trinajstić information content (AvgIpc) is 3.30. The number of hydrogen-bond donors (Lipinski definition) is 2. The highest BCUT2D eigenvalue weighted by molar-refractivity contribution is 7.89. The van der Waals surface area contributed by atoms with E-state index >= 15 is 0 Å². The lowest BCUT2D eigenvalue weighted by Crippen LogP contribution is -2.48. The lowest BCUT2D eigenvalue weighted by atomic mass is 10.0. The molecule has 0 aromatic carbocycles. The molecule has 1 saturated heterocycles. The van der Waals surface area contributed by atoms with Crippen LogP contribution >= 0.6 is 0 Å². The summed E-state index contributed by atoms with van der Waals surface area (Å²) >= 11 is 0. The summed E-state index contributed by atoms with van der Waals surface area (Å²) < 4.78 is 28.0. The van der Waals surface area contributed by atoms with Gasteiger partial charge in [-0.05, 0) is 38.1 Å². The number of rotatable bonds is 7. The fraction of sp³-hybridized carbons (Fsp3) is 0.733. The first-order valence-electron chi connectivity index (χ1n) is 8.43. The summed E-state index contributed by atoms with van der Waals surface area (Å²) in [6.45, 7) is 2.21. The number of aromatic nitrogens is 2. The lowest BCUT2D eigenvalue weighted by Gasteiger charge is -2.32. The molecule has 0 spiro atoms. The van der Waals surface area contributed by atoms with Crippen LogP contribution in [0, 0.1) is 5.92 Å². The van der Waals surface area contributed by atoms with Crippen molar-refractivity contribution in [3.05, 3.63) is 12.5 Å². The first-order valence-corrected chi connectivity index (χ1v) is 9.91. The van der Waals surface area contributed by atoms with Crippen molar-refractivity contribution in [2.24, 2.45) is 13.0 Å². The molecule has 1 saturated carbocycles. The molecule has 3 rings (SSSR count). The van der Waals surface area contributed by atoms with Crippen LogP contribution in [0.1, 0.15) is 25.7 Å². The first kappa shape index (κ1) is 17.4. The SMILES string of the molecule is Cn1cnc(S(=O)(=O)NCC(=O)N2CCC(NCC3CC3)CC2)c1. The van der Waals surface area contributed by atoms with Crippen LogP contribution in [0.3, 0.4) is 0 Å². The number of carbonyl (C=O) groups is 1. The minimum atomic E-state index is -3.74. The number of amides is 1. The number of aryl methyl sites for hydroxylation is 1. The van der Waals surface area contributed by atoms with Gasteiger partial charge in [-0.3, -0.25) is 4.79 Å². The van der Waals surface area contributed by atoms with Crippen LogP contribution in [0.2, 0.25) is 0 Å². The maximum Gasteiger partial charge on any atom is 0.260 e. The standard InChI is InChI=1S/C15H25N5O3S/c1-19-10-14(17-11-19)24(22,23)18-9-15(21)20-6-4-13(5-7-20)16-8-12-2-3-12/h10-13,16,18H,2-9H2,1H3. The molecule has 0 atom stereocenters. The highest BCUT2D eigenvalue weighted by atomic mass is 32.2. The van der Waals surface area contributed by atoms with Crippen LogP contribution in [0.4, 0.5) is 0 Å². The third-order valence-electron chi connectivity index (χ3n) is 4.61. The predicted molar refractivity (Wildman–Crippen MR) is 88.7 cm³/mol. The van der Waals surface area contributed by atoms with Crippen molar-refractivity contribution in [2.75, 3.05) is 26.2 Å². The summed E-state index contributed by atoms with van der Waals surface area (Å²) in [7, 11) is -2.04. The zero-order valence-corrected chi connectivity index (χ0v) is 14.8. The second-order valence-electron chi connectivity index (χ2n) is 6.71.